The minimum Gasteiger partial charge on any atom is -0.500 e. The van der Waals surface area contributed by atoms with E-state index in [9.17, 15) is 0 Å². The summed E-state index contributed by atoms with van der Waals surface area (Å²) in [6.07, 6.45) is 0.910. The molecule has 0 N–H and O–H groups in total. The zero-order valence-corrected chi connectivity index (χ0v) is 8.39. The number of allylic oxidation sites excluding steroid dienone is 1. The van der Waals surface area contributed by atoms with Crippen molar-refractivity contribution >= 4 is 20.4 Å². The van der Waals surface area contributed by atoms with Crippen molar-refractivity contribution in [2.45, 2.75) is 6.42 Å². The van der Waals surface area contributed by atoms with Gasteiger partial charge in [0.15, 0.2) is 0 Å². The van der Waals surface area contributed by atoms with Crippen LogP contribution in [0.4, 0.5) is 0 Å². The van der Waals surface area contributed by atoms with Crippen molar-refractivity contribution in [1.82, 2.24) is 0 Å². The highest BCUT2D eigenvalue weighted by Gasteiger charge is 2.19. The first-order valence-electron chi connectivity index (χ1n) is 3.84. The van der Waals surface area contributed by atoms with Crippen LogP contribution in [0.1, 0.15) is 11.1 Å². The second-order valence-corrected chi connectivity index (χ2v) is 3.57. The van der Waals surface area contributed by atoms with E-state index in [1.54, 1.807) is 7.11 Å². The van der Waals surface area contributed by atoms with E-state index in [1.807, 2.05) is 6.07 Å². The van der Waals surface area contributed by atoms with Crippen LogP contribution >= 0.6 is 15.9 Å². The molecule has 0 radical (unpaired) electrons. The Kier molecular flexibility index (Phi) is 1.93. The topological polar surface area (TPSA) is 9.23 Å². The van der Waals surface area contributed by atoms with Crippen molar-refractivity contribution in [1.29, 1.82) is 0 Å². The van der Waals surface area contributed by atoms with Crippen LogP contribution in [0.15, 0.2) is 30.0 Å². The number of ether oxygens (including phenoxy) is 1. The number of halogens is 1. The molecule has 0 saturated carbocycles. The second kappa shape index (κ2) is 2.94. The minimum absolute atomic E-state index is 0.910. The summed E-state index contributed by atoms with van der Waals surface area (Å²) >= 11 is 3.52. The molecule has 0 bridgehead atoms. The molecule has 0 saturated heterocycles. The highest BCUT2D eigenvalue weighted by molar-refractivity contribution is 9.15. The zero-order chi connectivity index (χ0) is 8.55. The van der Waals surface area contributed by atoms with Crippen LogP contribution in [0.5, 0.6) is 0 Å². The summed E-state index contributed by atoms with van der Waals surface area (Å²) in [5.74, 6) is 1.02. The van der Waals surface area contributed by atoms with Crippen LogP contribution < -0.4 is 0 Å². The van der Waals surface area contributed by atoms with Gasteiger partial charge in [-0.1, -0.05) is 24.3 Å². The first kappa shape index (κ1) is 7.87. The van der Waals surface area contributed by atoms with Crippen LogP contribution in [-0.4, -0.2) is 7.11 Å². The SMILES string of the molecule is COC1=C(Br)c2ccccc2C1. The Balaban J connectivity index is 2.50. The van der Waals surface area contributed by atoms with Gasteiger partial charge in [-0.05, 0) is 27.1 Å². The molecule has 0 fully saturated rings. The molecule has 2 rings (SSSR count). The fourth-order valence-corrected chi connectivity index (χ4v) is 2.14. The molecule has 0 unspecified atom stereocenters. The van der Waals surface area contributed by atoms with Gasteiger partial charge >= 0.3 is 0 Å². The first-order valence-corrected chi connectivity index (χ1v) is 4.63. The Morgan fingerprint density at radius 1 is 1.33 bits per heavy atom. The van der Waals surface area contributed by atoms with Gasteiger partial charge < -0.3 is 4.74 Å². The Morgan fingerprint density at radius 3 is 2.75 bits per heavy atom. The van der Waals surface area contributed by atoms with Gasteiger partial charge in [-0.3, -0.25) is 0 Å². The Bertz CT molecular complexity index is 341. The van der Waals surface area contributed by atoms with Crippen molar-refractivity contribution < 1.29 is 4.74 Å². The van der Waals surface area contributed by atoms with Gasteiger partial charge in [-0.25, -0.2) is 0 Å². The van der Waals surface area contributed by atoms with Gasteiger partial charge in [0.05, 0.1) is 11.6 Å². The van der Waals surface area contributed by atoms with E-state index < -0.39 is 0 Å². The van der Waals surface area contributed by atoms with E-state index in [0.717, 1.165) is 16.7 Å². The lowest BCUT2D eigenvalue weighted by molar-refractivity contribution is 0.289. The molecule has 2 heteroatoms. The van der Waals surface area contributed by atoms with Crippen LogP contribution in [0, 0.1) is 0 Å². The predicted molar refractivity (Wildman–Crippen MR) is 53.0 cm³/mol. The fourth-order valence-electron chi connectivity index (χ4n) is 1.45. The summed E-state index contributed by atoms with van der Waals surface area (Å²) in [6.45, 7) is 0. The quantitative estimate of drug-likeness (QED) is 0.713. The van der Waals surface area contributed by atoms with Gasteiger partial charge in [0.2, 0.25) is 0 Å². The molecule has 0 spiro atoms. The molecular weight excluding hydrogens is 216 g/mol. The van der Waals surface area contributed by atoms with Crippen molar-refractivity contribution in [3.05, 3.63) is 41.2 Å². The summed E-state index contributed by atoms with van der Waals surface area (Å²) in [4.78, 5) is 0. The highest BCUT2D eigenvalue weighted by atomic mass is 79.9. The third-order valence-electron chi connectivity index (χ3n) is 2.10. The number of benzene rings is 1. The zero-order valence-electron chi connectivity index (χ0n) is 6.80. The molecule has 1 aromatic carbocycles. The van der Waals surface area contributed by atoms with E-state index in [1.165, 1.54) is 11.1 Å². The summed E-state index contributed by atoms with van der Waals surface area (Å²) in [6, 6.07) is 8.32. The largest absolute Gasteiger partial charge is 0.500 e. The van der Waals surface area contributed by atoms with Gasteiger partial charge in [-0.15, -0.1) is 0 Å². The smallest absolute Gasteiger partial charge is 0.115 e. The molecular formula is C10H9BrO. The Labute approximate surface area is 80.2 Å². The molecule has 0 heterocycles. The fraction of sp³-hybridized carbons (Fsp3) is 0.200. The first-order chi connectivity index (χ1) is 5.83. The average Bonchev–Trinajstić information content (AvgIpc) is 2.44. The summed E-state index contributed by atoms with van der Waals surface area (Å²) in [5.41, 5.74) is 2.59. The molecule has 1 aliphatic carbocycles. The molecule has 12 heavy (non-hydrogen) atoms. The van der Waals surface area contributed by atoms with E-state index >= 15 is 0 Å². The standard InChI is InChI=1S/C10H9BrO/c1-12-9-6-7-4-2-3-5-8(7)10(9)11/h2-5H,6H2,1H3. The van der Waals surface area contributed by atoms with Crippen molar-refractivity contribution in [3.8, 4) is 0 Å². The monoisotopic (exact) mass is 224 g/mol. The molecule has 0 aliphatic heterocycles. The lowest BCUT2D eigenvalue weighted by Gasteiger charge is -1.98. The maximum Gasteiger partial charge on any atom is 0.115 e. The molecule has 1 aliphatic rings. The molecule has 1 aromatic rings. The lowest BCUT2D eigenvalue weighted by atomic mass is 10.1. The maximum atomic E-state index is 5.24. The van der Waals surface area contributed by atoms with Crippen LogP contribution in [0.25, 0.3) is 4.48 Å². The van der Waals surface area contributed by atoms with Gasteiger partial charge in [0.25, 0.3) is 0 Å². The third-order valence-corrected chi connectivity index (χ3v) is 2.97. The van der Waals surface area contributed by atoms with Crippen molar-refractivity contribution in [2.75, 3.05) is 7.11 Å². The van der Waals surface area contributed by atoms with E-state index in [-0.39, 0.29) is 0 Å². The lowest BCUT2D eigenvalue weighted by Crippen LogP contribution is -1.85. The number of rotatable bonds is 1. The molecule has 62 valence electrons. The van der Waals surface area contributed by atoms with Gasteiger partial charge in [0, 0.05) is 6.42 Å². The van der Waals surface area contributed by atoms with E-state index in [0.29, 0.717) is 0 Å². The molecule has 0 amide bonds. The number of methoxy groups -OCH3 is 1. The van der Waals surface area contributed by atoms with Crippen molar-refractivity contribution in [2.24, 2.45) is 0 Å². The highest BCUT2D eigenvalue weighted by Crippen LogP contribution is 2.36. The number of hydrogen-bond donors (Lipinski definition) is 0. The Morgan fingerprint density at radius 2 is 2.08 bits per heavy atom. The maximum absolute atomic E-state index is 5.24. The normalized spacial score (nSPS) is 14.8. The van der Waals surface area contributed by atoms with E-state index in [4.69, 9.17) is 4.74 Å². The van der Waals surface area contributed by atoms with Crippen LogP contribution in [0.3, 0.4) is 0 Å². The molecule has 0 atom stereocenters. The second-order valence-electron chi connectivity index (χ2n) is 2.78. The third kappa shape index (κ3) is 1.07. The van der Waals surface area contributed by atoms with Crippen molar-refractivity contribution in [3.63, 3.8) is 0 Å². The minimum atomic E-state index is 0.910. The van der Waals surface area contributed by atoms with E-state index in [2.05, 4.69) is 34.1 Å². The van der Waals surface area contributed by atoms with Crippen LogP contribution in [-0.2, 0) is 11.2 Å². The summed E-state index contributed by atoms with van der Waals surface area (Å²) in [5, 5.41) is 0. The Hall–Kier alpha value is -0.760. The molecule has 0 aromatic heterocycles. The van der Waals surface area contributed by atoms with Crippen LogP contribution in [0.2, 0.25) is 0 Å². The van der Waals surface area contributed by atoms with Gasteiger partial charge in [-0.2, -0.15) is 0 Å². The summed E-state index contributed by atoms with van der Waals surface area (Å²) < 4.78 is 6.34. The number of hydrogen-bond acceptors (Lipinski definition) is 1. The molecule has 1 nitrogen and oxygen atoms in total. The average molecular weight is 225 g/mol. The number of fused-ring (bicyclic) bond motifs is 1. The predicted octanol–water partition coefficient (Wildman–Crippen LogP) is 2.95. The summed E-state index contributed by atoms with van der Waals surface area (Å²) in [7, 11) is 1.71. The van der Waals surface area contributed by atoms with Gasteiger partial charge in [0.1, 0.15) is 5.76 Å².